The van der Waals surface area contributed by atoms with E-state index < -0.39 is 16.6 Å². The summed E-state index contributed by atoms with van der Waals surface area (Å²) in [7, 11) is -1.54. The Labute approximate surface area is 76.4 Å². The largest absolute Gasteiger partial charge is 0.324 e. The fourth-order valence-electron chi connectivity index (χ4n) is 1.22. The van der Waals surface area contributed by atoms with Crippen molar-refractivity contribution in [3.63, 3.8) is 0 Å². The molecule has 1 amide bonds. The highest BCUT2D eigenvalue weighted by molar-refractivity contribution is 7.86. The molecule has 1 aromatic carbocycles. The molecule has 1 aliphatic heterocycles. The van der Waals surface area contributed by atoms with Crippen molar-refractivity contribution in [1.82, 2.24) is 0 Å². The van der Waals surface area contributed by atoms with E-state index in [1.807, 2.05) is 0 Å². The van der Waals surface area contributed by atoms with Crippen LogP contribution in [0.5, 0.6) is 0 Å². The van der Waals surface area contributed by atoms with Crippen LogP contribution in [-0.2, 0) is 15.6 Å². The third kappa shape index (κ3) is 1.35. The van der Waals surface area contributed by atoms with Gasteiger partial charge in [-0.25, -0.2) is 4.39 Å². The number of anilines is 1. The molecule has 0 bridgehead atoms. The first-order chi connectivity index (χ1) is 6.18. The molecule has 0 aliphatic carbocycles. The van der Waals surface area contributed by atoms with Crippen molar-refractivity contribution in [1.29, 1.82) is 0 Å². The van der Waals surface area contributed by atoms with E-state index in [-0.39, 0.29) is 16.6 Å². The van der Waals surface area contributed by atoms with E-state index in [4.69, 9.17) is 0 Å². The highest BCUT2D eigenvalue weighted by Crippen LogP contribution is 2.26. The van der Waals surface area contributed by atoms with Gasteiger partial charge in [0.15, 0.2) is 0 Å². The maximum absolute atomic E-state index is 13.1. The Morgan fingerprint density at radius 2 is 2.23 bits per heavy atom. The van der Waals surface area contributed by atoms with E-state index in [9.17, 15) is 13.4 Å². The molecule has 0 radical (unpaired) electrons. The van der Waals surface area contributed by atoms with Crippen LogP contribution in [0, 0.1) is 5.82 Å². The highest BCUT2D eigenvalue weighted by atomic mass is 32.2. The Bertz CT molecular complexity index is 405. The Hall–Kier alpha value is -1.23. The van der Waals surface area contributed by atoms with Crippen molar-refractivity contribution < 1.29 is 13.4 Å². The molecule has 5 heteroatoms. The molecule has 1 heterocycles. The van der Waals surface area contributed by atoms with Crippen LogP contribution in [-0.4, -0.2) is 15.9 Å². The predicted octanol–water partition coefficient (Wildman–Crippen LogP) is 0.885. The van der Waals surface area contributed by atoms with Gasteiger partial charge in [-0.05, 0) is 12.1 Å². The quantitative estimate of drug-likeness (QED) is 0.674. The van der Waals surface area contributed by atoms with E-state index >= 15 is 0 Å². The van der Waals surface area contributed by atoms with Crippen molar-refractivity contribution in [3.05, 3.63) is 24.0 Å². The van der Waals surface area contributed by atoms with Crippen LogP contribution in [0.15, 0.2) is 23.1 Å². The van der Waals surface area contributed by atoms with Crippen molar-refractivity contribution in [2.24, 2.45) is 0 Å². The summed E-state index contributed by atoms with van der Waals surface area (Å²) in [6.45, 7) is 0. The summed E-state index contributed by atoms with van der Waals surface area (Å²) in [5.74, 6) is -1.03. The fourth-order valence-corrected chi connectivity index (χ4v) is 2.32. The molecular formula is C8H6FNO2S. The third-order valence-electron chi connectivity index (χ3n) is 1.73. The summed E-state index contributed by atoms with van der Waals surface area (Å²) in [5.41, 5.74) is 0.314. The van der Waals surface area contributed by atoms with Gasteiger partial charge >= 0.3 is 0 Å². The molecule has 3 nitrogen and oxygen atoms in total. The Morgan fingerprint density at radius 1 is 1.46 bits per heavy atom. The summed E-state index contributed by atoms with van der Waals surface area (Å²) in [6, 6.07) is 4.23. The average molecular weight is 199 g/mol. The van der Waals surface area contributed by atoms with Crippen molar-refractivity contribution in [3.8, 4) is 0 Å². The van der Waals surface area contributed by atoms with E-state index in [0.717, 1.165) is 0 Å². The van der Waals surface area contributed by atoms with Gasteiger partial charge in [-0.2, -0.15) is 0 Å². The standard InChI is InChI=1S/C8H6FNO2S/c9-5-2-1-3-6-8(5)13(12)4-7(11)10-6/h1-3H,4H2,(H,10,11). The van der Waals surface area contributed by atoms with Gasteiger partial charge in [0.05, 0.1) is 21.4 Å². The molecule has 0 fully saturated rings. The van der Waals surface area contributed by atoms with Crippen LogP contribution >= 0.6 is 0 Å². The molecule has 1 N–H and O–H groups in total. The Kier molecular flexibility index (Phi) is 1.88. The van der Waals surface area contributed by atoms with Gasteiger partial charge in [-0.3, -0.25) is 9.00 Å². The molecule has 13 heavy (non-hydrogen) atoms. The second kappa shape index (κ2) is 2.92. The first kappa shape index (κ1) is 8.37. The molecule has 2 rings (SSSR count). The van der Waals surface area contributed by atoms with Gasteiger partial charge in [0.2, 0.25) is 5.91 Å². The molecule has 0 spiro atoms. The number of benzene rings is 1. The van der Waals surface area contributed by atoms with Crippen LogP contribution in [0.3, 0.4) is 0 Å². The number of carbonyl (C=O) groups excluding carboxylic acids is 1. The van der Waals surface area contributed by atoms with Gasteiger partial charge in [0, 0.05) is 0 Å². The Balaban J connectivity index is 2.61. The van der Waals surface area contributed by atoms with E-state index in [1.165, 1.54) is 18.2 Å². The smallest absolute Gasteiger partial charge is 0.237 e. The van der Waals surface area contributed by atoms with Crippen molar-refractivity contribution >= 4 is 22.4 Å². The number of rotatable bonds is 0. The number of hydrogen-bond donors (Lipinski definition) is 1. The lowest BCUT2D eigenvalue weighted by atomic mass is 10.3. The van der Waals surface area contributed by atoms with Crippen LogP contribution in [0.4, 0.5) is 10.1 Å². The van der Waals surface area contributed by atoms with Crippen LogP contribution in [0.25, 0.3) is 0 Å². The molecule has 0 aromatic heterocycles. The molecular weight excluding hydrogens is 193 g/mol. The second-order valence-electron chi connectivity index (χ2n) is 2.65. The van der Waals surface area contributed by atoms with Crippen LogP contribution < -0.4 is 5.32 Å². The molecule has 0 saturated carbocycles. The first-order valence-corrected chi connectivity index (χ1v) is 4.97. The van der Waals surface area contributed by atoms with E-state index in [2.05, 4.69) is 5.32 Å². The molecule has 1 aliphatic rings. The maximum atomic E-state index is 13.1. The van der Waals surface area contributed by atoms with Crippen molar-refractivity contribution in [2.75, 3.05) is 11.1 Å². The van der Waals surface area contributed by atoms with Gasteiger partial charge in [0.1, 0.15) is 11.6 Å². The highest BCUT2D eigenvalue weighted by Gasteiger charge is 2.23. The SMILES string of the molecule is O=C1CS(=O)c2c(F)cccc2N1. The molecule has 1 atom stereocenters. The fraction of sp³-hybridized carbons (Fsp3) is 0.125. The number of fused-ring (bicyclic) bond motifs is 1. The van der Waals surface area contributed by atoms with Crippen molar-refractivity contribution in [2.45, 2.75) is 4.90 Å². The van der Waals surface area contributed by atoms with E-state index in [1.54, 1.807) is 0 Å². The molecule has 0 saturated heterocycles. The minimum absolute atomic E-state index is 0.0992. The zero-order valence-electron chi connectivity index (χ0n) is 6.54. The number of hydrogen-bond acceptors (Lipinski definition) is 2. The van der Waals surface area contributed by atoms with Crippen LogP contribution in [0.2, 0.25) is 0 Å². The third-order valence-corrected chi connectivity index (χ3v) is 3.13. The zero-order chi connectivity index (χ0) is 9.42. The predicted molar refractivity (Wildman–Crippen MR) is 46.3 cm³/mol. The monoisotopic (exact) mass is 199 g/mol. The first-order valence-electron chi connectivity index (χ1n) is 3.65. The lowest BCUT2D eigenvalue weighted by Gasteiger charge is -2.15. The van der Waals surface area contributed by atoms with Gasteiger partial charge in [-0.1, -0.05) is 6.07 Å². The Morgan fingerprint density at radius 3 is 3.00 bits per heavy atom. The minimum Gasteiger partial charge on any atom is -0.324 e. The van der Waals surface area contributed by atoms with Crippen LogP contribution in [0.1, 0.15) is 0 Å². The summed E-state index contributed by atoms with van der Waals surface area (Å²) in [5, 5.41) is 2.46. The van der Waals surface area contributed by atoms with Gasteiger partial charge in [0.25, 0.3) is 0 Å². The minimum atomic E-state index is -1.54. The zero-order valence-corrected chi connectivity index (χ0v) is 7.36. The second-order valence-corrected chi connectivity index (χ2v) is 4.04. The maximum Gasteiger partial charge on any atom is 0.237 e. The number of carbonyl (C=O) groups is 1. The summed E-state index contributed by atoms with van der Waals surface area (Å²) in [6.07, 6.45) is 0. The summed E-state index contributed by atoms with van der Waals surface area (Å²) >= 11 is 0. The molecule has 1 aromatic rings. The normalized spacial score (nSPS) is 20.7. The van der Waals surface area contributed by atoms with Gasteiger partial charge < -0.3 is 5.32 Å². The number of amides is 1. The number of halogens is 1. The number of nitrogens with one attached hydrogen (secondary N) is 1. The molecule has 1 unspecified atom stereocenters. The summed E-state index contributed by atoms with van der Waals surface area (Å²) < 4.78 is 24.4. The van der Waals surface area contributed by atoms with Gasteiger partial charge in [-0.15, -0.1) is 0 Å². The lowest BCUT2D eigenvalue weighted by molar-refractivity contribution is -0.113. The topological polar surface area (TPSA) is 46.2 Å². The average Bonchev–Trinajstić information content (AvgIpc) is 2.02. The lowest BCUT2D eigenvalue weighted by Crippen LogP contribution is -2.26. The summed E-state index contributed by atoms with van der Waals surface area (Å²) in [4.78, 5) is 11.0. The van der Waals surface area contributed by atoms with E-state index in [0.29, 0.717) is 5.69 Å². The molecule has 68 valence electrons.